The third-order valence-electron chi connectivity index (χ3n) is 2.58. The first kappa shape index (κ1) is 13.1. The molecule has 1 atom stereocenters. The van der Waals surface area contributed by atoms with Crippen LogP contribution in [0, 0.1) is 0 Å². The molecule has 0 aliphatic heterocycles. The SMILES string of the molecule is COc1ccccc1-c1noc(C(C)NC(C)=O)n1. The van der Waals surface area contributed by atoms with E-state index < -0.39 is 0 Å². The normalized spacial score (nSPS) is 11.9. The molecule has 0 aliphatic rings. The van der Waals surface area contributed by atoms with Crippen LogP contribution in [0.15, 0.2) is 28.8 Å². The number of methoxy groups -OCH3 is 1. The molecule has 0 aliphatic carbocycles. The number of aromatic nitrogens is 2. The number of ether oxygens (including phenoxy) is 1. The molecule has 1 heterocycles. The third-order valence-corrected chi connectivity index (χ3v) is 2.58. The fraction of sp³-hybridized carbons (Fsp3) is 0.308. The summed E-state index contributed by atoms with van der Waals surface area (Å²) in [5.41, 5.74) is 0.745. The molecule has 0 saturated carbocycles. The summed E-state index contributed by atoms with van der Waals surface area (Å²) >= 11 is 0. The molecule has 19 heavy (non-hydrogen) atoms. The summed E-state index contributed by atoms with van der Waals surface area (Å²) in [5.74, 6) is 1.31. The highest BCUT2D eigenvalue weighted by Gasteiger charge is 2.17. The van der Waals surface area contributed by atoms with E-state index in [1.807, 2.05) is 24.3 Å². The van der Waals surface area contributed by atoms with Gasteiger partial charge in [-0.2, -0.15) is 4.98 Å². The molecule has 0 radical (unpaired) electrons. The van der Waals surface area contributed by atoms with Crippen LogP contribution in [0.4, 0.5) is 0 Å². The highest BCUT2D eigenvalue weighted by molar-refractivity contribution is 5.73. The van der Waals surface area contributed by atoms with Crippen molar-refractivity contribution in [3.63, 3.8) is 0 Å². The Bertz CT molecular complexity index is 580. The number of hydrogen-bond acceptors (Lipinski definition) is 5. The molecule has 1 N–H and O–H groups in total. The van der Waals surface area contributed by atoms with Crippen molar-refractivity contribution >= 4 is 5.91 Å². The molecule has 1 aromatic carbocycles. The molecule has 0 fully saturated rings. The minimum absolute atomic E-state index is 0.149. The Labute approximate surface area is 110 Å². The van der Waals surface area contributed by atoms with E-state index in [1.165, 1.54) is 6.92 Å². The first-order valence-electron chi connectivity index (χ1n) is 5.86. The first-order chi connectivity index (χ1) is 9.11. The Kier molecular flexibility index (Phi) is 3.79. The molecule has 0 spiro atoms. The quantitative estimate of drug-likeness (QED) is 0.910. The van der Waals surface area contributed by atoms with Gasteiger partial charge in [0.2, 0.25) is 17.6 Å². The molecular weight excluding hydrogens is 246 g/mol. The van der Waals surface area contributed by atoms with Crippen molar-refractivity contribution in [2.45, 2.75) is 19.9 Å². The maximum atomic E-state index is 11.0. The average Bonchev–Trinajstić information content (AvgIpc) is 2.87. The van der Waals surface area contributed by atoms with Gasteiger partial charge >= 0.3 is 0 Å². The lowest BCUT2D eigenvalue weighted by molar-refractivity contribution is -0.119. The van der Waals surface area contributed by atoms with Crippen molar-refractivity contribution in [2.24, 2.45) is 0 Å². The predicted octanol–water partition coefficient (Wildman–Crippen LogP) is 1.94. The Morgan fingerprint density at radius 3 is 2.84 bits per heavy atom. The summed E-state index contributed by atoms with van der Waals surface area (Å²) in [6.07, 6.45) is 0. The van der Waals surface area contributed by atoms with Gasteiger partial charge in [0.1, 0.15) is 11.8 Å². The van der Waals surface area contributed by atoms with Gasteiger partial charge in [-0.05, 0) is 19.1 Å². The molecule has 0 bridgehead atoms. The van der Waals surface area contributed by atoms with E-state index in [4.69, 9.17) is 9.26 Å². The largest absolute Gasteiger partial charge is 0.496 e. The van der Waals surface area contributed by atoms with Crippen LogP contribution in [0.1, 0.15) is 25.8 Å². The Balaban J connectivity index is 2.28. The van der Waals surface area contributed by atoms with Gasteiger partial charge in [-0.1, -0.05) is 17.3 Å². The van der Waals surface area contributed by atoms with Crippen LogP contribution in [0.5, 0.6) is 5.75 Å². The lowest BCUT2D eigenvalue weighted by Crippen LogP contribution is -2.23. The van der Waals surface area contributed by atoms with Crippen LogP contribution in [0.2, 0.25) is 0 Å². The van der Waals surface area contributed by atoms with Crippen molar-refractivity contribution in [1.29, 1.82) is 0 Å². The van der Waals surface area contributed by atoms with Crippen molar-refractivity contribution < 1.29 is 14.1 Å². The number of nitrogens with zero attached hydrogens (tertiary/aromatic N) is 2. The fourth-order valence-corrected chi connectivity index (χ4v) is 1.72. The van der Waals surface area contributed by atoms with Crippen LogP contribution >= 0.6 is 0 Å². The summed E-state index contributed by atoms with van der Waals surface area (Å²) in [6.45, 7) is 3.22. The van der Waals surface area contributed by atoms with Crippen molar-refractivity contribution in [2.75, 3.05) is 7.11 Å². The van der Waals surface area contributed by atoms with Crippen LogP contribution < -0.4 is 10.1 Å². The van der Waals surface area contributed by atoms with Crippen LogP contribution in [-0.2, 0) is 4.79 Å². The zero-order chi connectivity index (χ0) is 13.8. The molecule has 6 nitrogen and oxygen atoms in total. The lowest BCUT2D eigenvalue weighted by atomic mass is 10.2. The molecule has 1 amide bonds. The van der Waals surface area contributed by atoms with E-state index in [0.717, 1.165) is 5.56 Å². The second kappa shape index (κ2) is 5.51. The topological polar surface area (TPSA) is 77.3 Å². The van der Waals surface area contributed by atoms with Crippen molar-refractivity contribution in [3.05, 3.63) is 30.2 Å². The number of carbonyl (C=O) groups is 1. The lowest BCUT2D eigenvalue weighted by Gasteiger charge is -2.06. The van der Waals surface area contributed by atoms with Crippen LogP contribution in [0.3, 0.4) is 0 Å². The van der Waals surface area contributed by atoms with Crippen LogP contribution in [-0.4, -0.2) is 23.2 Å². The van der Waals surface area contributed by atoms with E-state index in [1.54, 1.807) is 14.0 Å². The fourth-order valence-electron chi connectivity index (χ4n) is 1.72. The Hall–Kier alpha value is -2.37. The number of para-hydroxylation sites is 1. The van der Waals surface area contributed by atoms with Gasteiger partial charge in [0.25, 0.3) is 0 Å². The molecule has 2 aromatic rings. The maximum Gasteiger partial charge on any atom is 0.249 e. The minimum Gasteiger partial charge on any atom is -0.496 e. The number of carbonyl (C=O) groups excluding carboxylic acids is 1. The summed E-state index contributed by atoms with van der Waals surface area (Å²) in [6, 6.07) is 7.07. The number of amides is 1. The molecule has 1 aromatic heterocycles. The predicted molar refractivity (Wildman–Crippen MR) is 68.5 cm³/mol. The van der Waals surface area contributed by atoms with Gasteiger partial charge in [0, 0.05) is 6.92 Å². The van der Waals surface area contributed by atoms with Gasteiger partial charge in [-0.25, -0.2) is 0 Å². The standard InChI is InChI=1S/C13H15N3O3/c1-8(14-9(2)17)13-15-12(16-19-13)10-6-4-5-7-11(10)18-3/h4-8H,1-3H3,(H,14,17). The van der Waals surface area contributed by atoms with Gasteiger partial charge in [-0.3, -0.25) is 4.79 Å². The van der Waals surface area contributed by atoms with Gasteiger partial charge in [0.05, 0.1) is 12.7 Å². The van der Waals surface area contributed by atoms with Crippen molar-refractivity contribution in [1.82, 2.24) is 15.5 Å². The van der Waals surface area contributed by atoms with E-state index in [0.29, 0.717) is 17.5 Å². The highest BCUT2D eigenvalue weighted by Crippen LogP contribution is 2.27. The van der Waals surface area contributed by atoms with Gasteiger partial charge in [0.15, 0.2) is 0 Å². The zero-order valence-electron chi connectivity index (χ0n) is 11.0. The van der Waals surface area contributed by atoms with Crippen LogP contribution in [0.25, 0.3) is 11.4 Å². The molecule has 1 unspecified atom stereocenters. The van der Waals surface area contributed by atoms with E-state index in [9.17, 15) is 4.79 Å². The Morgan fingerprint density at radius 2 is 2.16 bits per heavy atom. The number of rotatable bonds is 4. The highest BCUT2D eigenvalue weighted by atomic mass is 16.5. The molecule has 6 heteroatoms. The molecule has 0 saturated heterocycles. The summed E-state index contributed by atoms with van der Waals surface area (Å²) in [5, 5.41) is 6.59. The maximum absolute atomic E-state index is 11.0. The third kappa shape index (κ3) is 2.90. The second-order valence-corrected chi connectivity index (χ2v) is 4.08. The molecular formula is C13H15N3O3. The van der Waals surface area contributed by atoms with Gasteiger partial charge in [-0.15, -0.1) is 0 Å². The molecule has 100 valence electrons. The van der Waals surface area contributed by atoms with E-state index in [2.05, 4.69) is 15.5 Å². The Morgan fingerprint density at radius 1 is 1.42 bits per heavy atom. The van der Waals surface area contributed by atoms with Gasteiger partial charge < -0.3 is 14.6 Å². The average molecular weight is 261 g/mol. The number of nitrogens with one attached hydrogen (secondary N) is 1. The van der Waals surface area contributed by atoms with E-state index in [-0.39, 0.29) is 11.9 Å². The monoisotopic (exact) mass is 261 g/mol. The number of benzene rings is 1. The number of hydrogen-bond donors (Lipinski definition) is 1. The first-order valence-corrected chi connectivity index (χ1v) is 5.86. The molecule has 2 rings (SSSR count). The smallest absolute Gasteiger partial charge is 0.249 e. The minimum atomic E-state index is -0.326. The summed E-state index contributed by atoms with van der Waals surface area (Å²) in [4.78, 5) is 15.3. The summed E-state index contributed by atoms with van der Waals surface area (Å²) in [7, 11) is 1.58. The zero-order valence-corrected chi connectivity index (χ0v) is 11.0. The second-order valence-electron chi connectivity index (χ2n) is 4.08. The van der Waals surface area contributed by atoms with Crippen molar-refractivity contribution in [3.8, 4) is 17.1 Å². The van der Waals surface area contributed by atoms with E-state index >= 15 is 0 Å². The summed E-state index contributed by atoms with van der Waals surface area (Å²) < 4.78 is 10.4.